The Bertz CT molecular complexity index is 1830. The summed E-state index contributed by atoms with van der Waals surface area (Å²) in [7, 11) is 0. The summed E-state index contributed by atoms with van der Waals surface area (Å²) in [5, 5.41) is 14.1. The van der Waals surface area contributed by atoms with Crippen LogP contribution in [0.15, 0.2) is 66.4 Å². The van der Waals surface area contributed by atoms with Crippen molar-refractivity contribution in [1.82, 2.24) is 14.5 Å². The Morgan fingerprint density at radius 1 is 1.06 bits per heavy atom. The number of nitrogens with zero attached hydrogens (tertiary/aromatic N) is 3. The van der Waals surface area contributed by atoms with Crippen LogP contribution < -0.4 is 4.74 Å². The van der Waals surface area contributed by atoms with Crippen LogP contribution in [0.5, 0.6) is 5.75 Å². The molecule has 0 spiro atoms. The maximum atomic E-state index is 14.6. The van der Waals surface area contributed by atoms with Crippen molar-refractivity contribution < 1.29 is 33.8 Å². The number of carbonyl (C=O) groups excluding carboxylic acids is 3. The first-order valence-electron chi connectivity index (χ1n) is 16.5. The maximum absolute atomic E-state index is 14.6. The molecule has 10 nitrogen and oxygen atoms in total. The second-order valence-corrected chi connectivity index (χ2v) is 14.8. The van der Waals surface area contributed by atoms with Crippen molar-refractivity contribution in [3.63, 3.8) is 0 Å². The van der Waals surface area contributed by atoms with E-state index in [9.17, 15) is 19.5 Å². The van der Waals surface area contributed by atoms with Gasteiger partial charge in [0.15, 0.2) is 0 Å². The van der Waals surface area contributed by atoms with Crippen LogP contribution in [0, 0.1) is 0 Å². The van der Waals surface area contributed by atoms with Crippen LogP contribution in [0.1, 0.15) is 84.4 Å². The molecule has 3 aliphatic rings. The van der Waals surface area contributed by atoms with Gasteiger partial charge in [-0.2, -0.15) is 5.06 Å². The van der Waals surface area contributed by atoms with Crippen LogP contribution >= 0.6 is 0 Å². The van der Waals surface area contributed by atoms with Gasteiger partial charge in [0.2, 0.25) is 5.72 Å². The highest BCUT2D eigenvalue weighted by molar-refractivity contribution is 6.03. The molecule has 0 aliphatic carbocycles. The Balaban J connectivity index is 1.48. The van der Waals surface area contributed by atoms with Crippen molar-refractivity contribution in [1.29, 1.82) is 0 Å². The van der Waals surface area contributed by atoms with E-state index in [1.807, 2.05) is 88.4 Å². The molecule has 2 saturated heterocycles. The number of allylic oxidation sites excluding steroid dienone is 1. The predicted octanol–water partition coefficient (Wildman–Crippen LogP) is 6.53. The molecule has 2 atom stereocenters. The van der Waals surface area contributed by atoms with Gasteiger partial charge in [-0.25, -0.2) is 4.79 Å². The molecule has 0 bridgehead atoms. The van der Waals surface area contributed by atoms with E-state index in [0.717, 1.165) is 16.2 Å². The van der Waals surface area contributed by atoms with Gasteiger partial charge < -0.3 is 19.5 Å². The summed E-state index contributed by atoms with van der Waals surface area (Å²) in [4.78, 5) is 50.6. The molecule has 0 saturated carbocycles. The number of carbonyl (C=O) groups is 3. The monoisotopic (exact) mass is 655 g/mol. The number of hydrogen-bond donors (Lipinski definition) is 1. The van der Waals surface area contributed by atoms with Gasteiger partial charge in [-0.05, 0) is 103 Å². The molecule has 2 amide bonds. The predicted molar refractivity (Wildman–Crippen MR) is 182 cm³/mol. The molecule has 48 heavy (non-hydrogen) atoms. The number of benzene rings is 2. The molecule has 1 aromatic heterocycles. The molecular weight excluding hydrogens is 610 g/mol. The average molecular weight is 656 g/mol. The summed E-state index contributed by atoms with van der Waals surface area (Å²) in [6, 6.07) is 12.9. The molecule has 10 heteroatoms. The van der Waals surface area contributed by atoms with Crippen LogP contribution in [-0.2, 0) is 32.2 Å². The third-order valence-corrected chi connectivity index (χ3v) is 9.15. The molecule has 3 aliphatic heterocycles. The zero-order valence-electron chi connectivity index (χ0n) is 28.8. The van der Waals surface area contributed by atoms with E-state index < -0.39 is 40.4 Å². The van der Waals surface area contributed by atoms with Gasteiger partial charge in [0.1, 0.15) is 29.1 Å². The number of aliphatic hydroxyl groups is 1. The van der Waals surface area contributed by atoms with Crippen molar-refractivity contribution in [2.45, 2.75) is 103 Å². The lowest BCUT2D eigenvalue weighted by molar-refractivity contribution is -0.295. The van der Waals surface area contributed by atoms with Crippen molar-refractivity contribution in [3.05, 3.63) is 83.1 Å². The van der Waals surface area contributed by atoms with Gasteiger partial charge in [-0.15, -0.1) is 0 Å². The van der Waals surface area contributed by atoms with E-state index >= 15 is 0 Å². The minimum atomic E-state index is -2.40. The zero-order chi connectivity index (χ0) is 34.6. The fourth-order valence-corrected chi connectivity index (χ4v) is 6.87. The van der Waals surface area contributed by atoms with Crippen molar-refractivity contribution in [2.75, 3.05) is 6.54 Å². The van der Waals surface area contributed by atoms with Gasteiger partial charge in [-0.3, -0.25) is 19.0 Å². The SMILES string of the molecule is CC(C)=CC[C@@]12CCCN1C(=O)C(O)(Cc1cn(C(=O)OC(C)(C)C)c3c4c(ccc13)OC(C)(C)C=C4)N(OCc1ccccc1)C2=O. The lowest BCUT2D eigenvalue weighted by atomic mass is 9.84. The van der Waals surface area contributed by atoms with E-state index in [1.165, 1.54) is 9.47 Å². The number of hydrogen-bond acceptors (Lipinski definition) is 7. The third kappa shape index (κ3) is 5.92. The summed E-state index contributed by atoms with van der Waals surface area (Å²) in [5.74, 6) is -0.501. The second-order valence-electron chi connectivity index (χ2n) is 14.8. The van der Waals surface area contributed by atoms with Crippen LogP contribution in [0.2, 0.25) is 0 Å². The standard InChI is InChI=1S/C38H45N3O7/c1-25(2)16-20-37-18-11-21-40(37)33(43)38(45,41(32(37)42)46-24-26-12-9-8-10-13-26)22-27-23-39(34(44)48-35(3,4)5)31-28(27)14-15-30-29(31)17-19-36(6,7)47-30/h8-10,12-17,19,23,45H,11,18,20-22,24H2,1-7H3/t37-,38?/m1/s1. The molecular formula is C38H45N3O7. The highest BCUT2D eigenvalue weighted by Crippen LogP contribution is 2.45. The minimum Gasteiger partial charge on any atom is -0.483 e. The largest absolute Gasteiger partial charge is 0.483 e. The van der Waals surface area contributed by atoms with Gasteiger partial charge in [0.25, 0.3) is 11.8 Å². The van der Waals surface area contributed by atoms with Gasteiger partial charge in [0, 0.05) is 30.1 Å². The van der Waals surface area contributed by atoms with Crippen LogP contribution in [0.4, 0.5) is 4.79 Å². The van der Waals surface area contributed by atoms with Crippen molar-refractivity contribution in [2.24, 2.45) is 0 Å². The zero-order valence-corrected chi connectivity index (χ0v) is 28.8. The molecule has 2 fully saturated rings. The molecule has 1 unspecified atom stereocenters. The van der Waals surface area contributed by atoms with Crippen LogP contribution in [0.3, 0.4) is 0 Å². The molecule has 1 N–H and O–H groups in total. The van der Waals surface area contributed by atoms with Crippen molar-refractivity contribution in [3.8, 4) is 5.75 Å². The number of rotatable bonds is 7. The summed E-state index contributed by atoms with van der Waals surface area (Å²) in [5.41, 5.74) is -1.47. The molecule has 2 aromatic carbocycles. The topological polar surface area (TPSA) is 111 Å². The summed E-state index contributed by atoms with van der Waals surface area (Å²) >= 11 is 0. The summed E-state index contributed by atoms with van der Waals surface area (Å²) < 4.78 is 13.4. The Kier molecular flexibility index (Phi) is 8.32. The first-order chi connectivity index (χ1) is 22.5. The van der Waals surface area contributed by atoms with Gasteiger partial charge in [-0.1, -0.05) is 42.0 Å². The highest BCUT2D eigenvalue weighted by atomic mass is 16.7. The smallest absolute Gasteiger partial charge is 0.419 e. The molecule has 3 aromatic rings. The molecule has 254 valence electrons. The van der Waals surface area contributed by atoms with E-state index in [-0.39, 0.29) is 13.0 Å². The normalized spacial score (nSPS) is 23.2. The van der Waals surface area contributed by atoms with Crippen LogP contribution in [-0.4, -0.2) is 66.6 Å². The number of hydroxylamine groups is 2. The Morgan fingerprint density at radius 3 is 2.48 bits per heavy atom. The fraction of sp³-hybridized carbons (Fsp3) is 0.447. The molecule has 0 radical (unpaired) electrons. The lowest BCUT2D eigenvalue weighted by Gasteiger charge is -2.51. The number of piperazine rings is 1. The summed E-state index contributed by atoms with van der Waals surface area (Å²) in [6.07, 6.45) is 7.78. The van der Waals surface area contributed by atoms with Crippen LogP contribution in [0.25, 0.3) is 17.0 Å². The van der Waals surface area contributed by atoms with Crippen molar-refractivity contribution >= 4 is 34.9 Å². The quantitative estimate of drug-likeness (QED) is 0.288. The van der Waals surface area contributed by atoms with Gasteiger partial charge in [0.05, 0.1) is 5.52 Å². The lowest BCUT2D eigenvalue weighted by Crippen LogP contribution is -2.75. The fourth-order valence-electron chi connectivity index (χ4n) is 6.87. The van der Waals surface area contributed by atoms with E-state index in [4.69, 9.17) is 14.3 Å². The Morgan fingerprint density at radius 2 is 1.79 bits per heavy atom. The Hall–Kier alpha value is -4.41. The summed E-state index contributed by atoms with van der Waals surface area (Å²) in [6.45, 7) is 13.4. The first kappa shape index (κ1) is 33.5. The van der Waals surface area contributed by atoms with E-state index in [0.29, 0.717) is 53.6 Å². The third-order valence-electron chi connectivity index (χ3n) is 9.15. The van der Waals surface area contributed by atoms with Gasteiger partial charge >= 0.3 is 6.09 Å². The maximum Gasteiger partial charge on any atom is 0.419 e. The van der Waals surface area contributed by atoms with E-state index in [1.54, 1.807) is 27.0 Å². The molecule has 6 rings (SSSR count). The molecule has 4 heterocycles. The average Bonchev–Trinajstić information content (AvgIpc) is 3.61. The first-order valence-corrected chi connectivity index (χ1v) is 16.5. The van der Waals surface area contributed by atoms with E-state index in [2.05, 4.69) is 0 Å². The minimum absolute atomic E-state index is 0.0357. The Labute approximate surface area is 281 Å². The second kappa shape index (κ2) is 11.9. The number of fused-ring (bicyclic) bond motifs is 4. The number of ether oxygens (including phenoxy) is 2. The highest BCUT2D eigenvalue weighted by Gasteiger charge is 2.64. The number of amides is 2. The number of aromatic nitrogens is 1.